The molecule has 0 saturated heterocycles. The van der Waals surface area contributed by atoms with Crippen molar-refractivity contribution in [2.75, 3.05) is 12.1 Å². The smallest absolute Gasteiger partial charge is 0.293 e. The molecule has 0 bridgehead atoms. The molecule has 0 aliphatic heterocycles. The number of ether oxygens (including phenoxy) is 1. The zero-order valence-electron chi connectivity index (χ0n) is 19.5. The summed E-state index contributed by atoms with van der Waals surface area (Å²) in [6.07, 6.45) is 6.06. The van der Waals surface area contributed by atoms with E-state index in [1.165, 1.54) is 17.1 Å². The minimum absolute atomic E-state index is 0. The number of terminal acetylenes is 1. The number of rotatable bonds is 4. The zero-order valence-corrected chi connectivity index (χ0v) is 20.3. The van der Waals surface area contributed by atoms with Crippen LogP contribution in [0.1, 0.15) is 55.4 Å². The number of ketones is 1. The molecule has 2 aliphatic rings. The third-order valence-electron chi connectivity index (χ3n) is 6.97. The van der Waals surface area contributed by atoms with E-state index in [2.05, 4.69) is 16.1 Å². The first-order chi connectivity index (χ1) is 14.6. The number of benzene rings is 1. The van der Waals surface area contributed by atoms with E-state index in [1.807, 2.05) is 41.5 Å². The van der Waals surface area contributed by atoms with Crippen molar-refractivity contribution in [3.05, 3.63) is 29.0 Å². The fourth-order valence-electron chi connectivity index (χ4n) is 4.82. The standard InChI is InChI=1S/C19H20ClFN2O2.C5H10O2.CH4/c1-6-19-10-12(15(24)18(19,4)17(19,2)3)16(25)23(22-5)14-8-7-11(21)9-13(14)20;1-5(2,3)7-4-6;/h1,7-9,12,22H,10H2,2-5H3;4H,1-3H3;1H4/t12?,18-,19?;;/m1../s1. The molecule has 3 rings (SSSR count). The summed E-state index contributed by atoms with van der Waals surface area (Å²) in [6, 6.07) is 3.73. The van der Waals surface area contributed by atoms with Gasteiger partial charge >= 0.3 is 0 Å². The van der Waals surface area contributed by atoms with Gasteiger partial charge in [-0.05, 0) is 50.8 Å². The Bertz CT molecular complexity index is 982. The van der Waals surface area contributed by atoms with E-state index in [0.717, 1.165) is 6.07 Å². The van der Waals surface area contributed by atoms with Crippen LogP contribution in [0.2, 0.25) is 5.02 Å². The quantitative estimate of drug-likeness (QED) is 0.290. The fourth-order valence-corrected chi connectivity index (χ4v) is 5.07. The summed E-state index contributed by atoms with van der Waals surface area (Å²) < 4.78 is 17.8. The van der Waals surface area contributed by atoms with Crippen LogP contribution >= 0.6 is 11.6 Å². The predicted octanol–water partition coefficient (Wildman–Crippen LogP) is 4.80. The minimum atomic E-state index is -0.845. The van der Waals surface area contributed by atoms with Crippen molar-refractivity contribution < 1.29 is 23.5 Å². The fraction of sp³-hybridized carbons (Fsp3) is 0.560. The summed E-state index contributed by atoms with van der Waals surface area (Å²) in [5.41, 5.74) is 1.07. The molecular formula is C25H34ClFN2O4. The third kappa shape index (κ3) is 4.39. The zero-order chi connectivity index (χ0) is 24.7. The molecule has 3 atom stereocenters. The summed E-state index contributed by atoms with van der Waals surface area (Å²) in [7, 11) is 1.54. The number of hydrazine groups is 1. The lowest BCUT2D eigenvalue weighted by Crippen LogP contribution is -2.47. The van der Waals surface area contributed by atoms with Crippen LogP contribution in [0.4, 0.5) is 10.1 Å². The summed E-state index contributed by atoms with van der Waals surface area (Å²) in [5.74, 6) is 0.869. The van der Waals surface area contributed by atoms with Crippen LogP contribution in [-0.4, -0.2) is 30.8 Å². The van der Waals surface area contributed by atoms with Crippen LogP contribution in [0.5, 0.6) is 0 Å². The monoisotopic (exact) mass is 480 g/mol. The van der Waals surface area contributed by atoms with Gasteiger partial charge in [-0.25, -0.2) is 14.8 Å². The van der Waals surface area contributed by atoms with E-state index in [1.54, 1.807) is 7.05 Å². The van der Waals surface area contributed by atoms with E-state index in [9.17, 15) is 18.8 Å². The van der Waals surface area contributed by atoms with Crippen molar-refractivity contribution in [1.82, 2.24) is 5.43 Å². The lowest BCUT2D eigenvalue weighted by molar-refractivity contribution is -0.139. The molecule has 1 aromatic carbocycles. The molecule has 0 radical (unpaired) electrons. The molecule has 0 spiro atoms. The third-order valence-corrected chi connectivity index (χ3v) is 7.27. The van der Waals surface area contributed by atoms with Gasteiger partial charge in [0.15, 0.2) is 5.78 Å². The molecule has 2 saturated carbocycles. The van der Waals surface area contributed by atoms with Crippen molar-refractivity contribution in [3.63, 3.8) is 0 Å². The lowest BCUT2D eigenvalue weighted by atomic mass is 9.83. The van der Waals surface area contributed by atoms with E-state index in [4.69, 9.17) is 18.0 Å². The number of carbonyl (C=O) groups is 3. The Hall–Kier alpha value is -2.43. The second-order valence-corrected chi connectivity index (χ2v) is 10.1. The molecule has 1 amide bonds. The first-order valence-corrected chi connectivity index (χ1v) is 10.6. The molecule has 2 fully saturated rings. The average molecular weight is 481 g/mol. The Balaban J connectivity index is 0.000000595. The van der Waals surface area contributed by atoms with E-state index in [-0.39, 0.29) is 29.2 Å². The summed E-state index contributed by atoms with van der Waals surface area (Å²) in [5, 5.41) is 1.27. The minimum Gasteiger partial charge on any atom is -0.462 e. The van der Waals surface area contributed by atoms with Gasteiger partial charge in [0, 0.05) is 7.05 Å². The number of hydrogen-bond donors (Lipinski definition) is 1. The number of nitrogens with one attached hydrogen (secondary N) is 1. The van der Waals surface area contributed by atoms with Crippen LogP contribution in [0.3, 0.4) is 0 Å². The first kappa shape index (κ1) is 28.6. The highest BCUT2D eigenvalue weighted by Crippen LogP contribution is 2.84. The molecule has 0 heterocycles. The number of carbonyl (C=O) groups excluding carboxylic acids is 3. The Morgan fingerprint density at radius 1 is 1.36 bits per heavy atom. The van der Waals surface area contributed by atoms with Gasteiger partial charge in [0.1, 0.15) is 17.3 Å². The van der Waals surface area contributed by atoms with Crippen LogP contribution in [0.25, 0.3) is 0 Å². The van der Waals surface area contributed by atoms with Crippen molar-refractivity contribution in [3.8, 4) is 12.3 Å². The van der Waals surface area contributed by atoms with Crippen LogP contribution < -0.4 is 10.4 Å². The van der Waals surface area contributed by atoms with Gasteiger partial charge in [-0.1, -0.05) is 45.7 Å². The lowest BCUT2D eigenvalue weighted by Gasteiger charge is -2.27. The van der Waals surface area contributed by atoms with E-state index < -0.39 is 28.5 Å². The average Bonchev–Trinajstić information content (AvgIpc) is 2.92. The number of nitrogens with zero attached hydrogens (tertiary/aromatic N) is 1. The molecular weight excluding hydrogens is 447 g/mol. The van der Waals surface area contributed by atoms with Crippen molar-refractivity contribution in [2.24, 2.45) is 22.2 Å². The maximum Gasteiger partial charge on any atom is 0.293 e. The largest absolute Gasteiger partial charge is 0.462 e. The Labute approximate surface area is 201 Å². The topological polar surface area (TPSA) is 75.7 Å². The van der Waals surface area contributed by atoms with Gasteiger partial charge < -0.3 is 4.74 Å². The number of anilines is 1. The van der Waals surface area contributed by atoms with Crippen molar-refractivity contribution in [2.45, 2.75) is 61.0 Å². The highest BCUT2D eigenvalue weighted by atomic mass is 35.5. The molecule has 1 aromatic rings. The molecule has 33 heavy (non-hydrogen) atoms. The highest BCUT2D eigenvalue weighted by Gasteiger charge is 2.87. The Kier molecular flexibility index (Phi) is 8.18. The van der Waals surface area contributed by atoms with E-state index in [0.29, 0.717) is 18.6 Å². The van der Waals surface area contributed by atoms with Gasteiger partial charge in [-0.2, -0.15) is 0 Å². The number of hydrogen-bond acceptors (Lipinski definition) is 5. The molecule has 0 aromatic heterocycles. The molecule has 182 valence electrons. The predicted molar refractivity (Wildman–Crippen MR) is 128 cm³/mol. The molecule has 1 N–H and O–H groups in total. The number of Topliss-reactive ketones (excluding diaryl/α,β-unsaturated/α-hetero) is 1. The van der Waals surface area contributed by atoms with Gasteiger partial charge in [-0.15, -0.1) is 6.42 Å². The highest BCUT2D eigenvalue weighted by molar-refractivity contribution is 6.34. The normalized spacial score (nSPS) is 26.5. The Morgan fingerprint density at radius 3 is 2.30 bits per heavy atom. The van der Waals surface area contributed by atoms with Crippen LogP contribution in [0.15, 0.2) is 18.2 Å². The van der Waals surface area contributed by atoms with Gasteiger partial charge in [-0.3, -0.25) is 14.4 Å². The summed E-state index contributed by atoms with van der Waals surface area (Å²) in [6.45, 7) is 11.7. The van der Waals surface area contributed by atoms with Crippen LogP contribution in [0, 0.1) is 40.3 Å². The molecule has 2 unspecified atom stereocenters. The molecule has 6 nitrogen and oxygen atoms in total. The second-order valence-electron chi connectivity index (χ2n) is 9.74. The summed E-state index contributed by atoms with van der Waals surface area (Å²) in [4.78, 5) is 35.6. The van der Waals surface area contributed by atoms with Gasteiger partial charge in [0.2, 0.25) is 0 Å². The molecule has 8 heteroatoms. The maximum absolute atomic E-state index is 13.3. The second kappa shape index (κ2) is 9.44. The van der Waals surface area contributed by atoms with Crippen molar-refractivity contribution in [1.29, 1.82) is 0 Å². The first-order valence-electron chi connectivity index (χ1n) is 10.2. The van der Waals surface area contributed by atoms with Crippen molar-refractivity contribution >= 4 is 35.5 Å². The number of fused-ring (bicyclic) bond motifs is 1. The Morgan fingerprint density at radius 2 is 1.94 bits per heavy atom. The maximum atomic E-state index is 13.3. The number of halogens is 2. The van der Waals surface area contributed by atoms with Gasteiger partial charge in [0.25, 0.3) is 12.4 Å². The van der Waals surface area contributed by atoms with Gasteiger partial charge in [0.05, 0.1) is 21.5 Å². The summed E-state index contributed by atoms with van der Waals surface area (Å²) >= 11 is 6.06. The van der Waals surface area contributed by atoms with E-state index >= 15 is 0 Å². The number of amides is 1. The van der Waals surface area contributed by atoms with Crippen LogP contribution in [-0.2, 0) is 19.1 Å². The molecule has 2 aliphatic carbocycles. The SMILES string of the molecule is C.C#CC12CC(C(=O)N(NC)c3ccc(F)cc3Cl)C(=O)[C@]1(C)C2(C)C.CC(C)(C)OC=O.